The van der Waals surface area contributed by atoms with E-state index in [0.717, 1.165) is 57.2 Å². The van der Waals surface area contributed by atoms with Gasteiger partial charge in [0.2, 0.25) is 0 Å². The fourth-order valence-corrected chi connectivity index (χ4v) is 5.97. The number of pyridine rings is 1. The summed E-state index contributed by atoms with van der Waals surface area (Å²) in [5, 5.41) is 11.8. The number of hydrogen-bond acceptors (Lipinski definition) is 6. The number of halogens is 1. The first-order valence-electron chi connectivity index (χ1n) is 11.9. The lowest BCUT2D eigenvalue weighted by Crippen LogP contribution is -2.30. The molecule has 1 aliphatic heterocycles. The molecule has 0 fully saturated rings. The van der Waals surface area contributed by atoms with Gasteiger partial charge in [-0.05, 0) is 68.7 Å². The van der Waals surface area contributed by atoms with Gasteiger partial charge in [-0.15, -0.1) is 0 Å². The molecule has 0 spiro atoms. The number of fused-ring (bicyclic) bond motifs is 2. The first-order valence-corrected chi connectivity index (χ1v) is 13.1. The molecule has 3 heterocycles. The molecule has 36 heavy (non-hydrogen) atoms. The van der Waals surface area contributed by atoms with Gasteiger partial charge in [0, 0.05) is 47.6 Å². The smallest absolute Gasteiger partial charge is 0.337 e. The third-order valence-corrected chi connectivity index (χ3v) is 7.64. The molecule has 8 heteroatoms. The van der Waals surface area contributed by atoms with Crippen LogP contribution in [0.2, 0.25) is 5.02 Å². The van der Waals surface area contributed by atoms with Gasteiger partial charge < -0.3 is 14.7 Å². The van der Waals surface area contributed by atoms with Gasteiger partial charge in [-0.25, -0.2) is 9.78 Å². The zero-order valence-corrected chi connectivity index (χ0v) is 22.3. The maximum absolute atomic E-state index is 12.5. The van der Waals surface area contributed by atoms with Crippen LogP contribution in [0.25, 0.3) is 21.3 Å². The lowest BCUT2D eigenvalue weighted by atomic mass is 9.91. The van der Waals surface area contributed by atoms with Crippen molar-refractivity contribution in [3.05, 3.63) is 76.1 Å². The number of hydrogen-bond donors (Lipinski definition) is 1. The summed E-state index contributed by atoms with van der Waals surface area (Å²) in [6.07, 6.45) is 1.58. The minimum absolute atomic E-state index is 0.621. The van der Waals surface area contributed by atoms with Crippen molar-refractivity contribution in [1.82, 2.24) is 9.97 Å². The molecular weight excluding hydrogens is 494 g/mol. The number of ether oxygens (including phenoxy) is 1. The fourth-order valence-electron chi connectivity index (χ4n) is 4.69. The van der Waals surface area contributed by atoms with Crippen molar-refractivity contribution in [1.29, 1.82) is 0 Å². The molecule has 0 saturated heterocycles. The highest BCUT2D eigenvalue weighted by Gasteiger charge is 2.32. The second kappa shape index (κ2) is 9.47. The summed E-state index contributed by atoms with van der Waals surface area (Å²) in [5.74, 6) is -1.02. The van der Waals surface area contributed by atoms with Crippen molar-refractivity contribution < 1.29 is 14.6 Å². The second-order valence-electron chi connectivity index (χ2n) is 10.1. The van der Waals surface area contributed by atoms with Crippen LogP contribution in [0.15, 0.2) is 48.7 Å². The van der Waals surface area contributed by atoms with E-state index in [2.05, 4.69) is 16.0 Å². The number of thiazole rings is 1. The molecule has 0 saturated carbocycles. The predicted molar refractivity (Wildman–Crippen MR) is 145 cm³/mol. The van der Waals surface area contributed by atoms with Gasteiger partial charge in [0.25, 0.3) is 0 Å². The van der Waals surface area contributed by atoms with E-state index in [1.54, 1.807) is 11.3 Å². The summed E-state index contributed by atoms with van der Waals surface area (Å²) >= 11 is 7.78. The first kappa shape index (κ1) is 24.7. The number of nitrogens with zero attached hydrogens (tertiary/aromatic N) is 3. The molecule has 0 radical (unpaired) electrons. The van der Waals surface area contributed by atoms with Crippen molar-refractivity contribution in [2.45, 2.75) is 52.4 Å². The highest BCUT2D eigenvalue weighted by Crippen LogP contribution is 2.44. The third kappa shape index (κ3) is 4.83. The Kier molecular flexibility index (Phi) is 6.49. The second-order valence-corrected chi connectivity index (χ2v) is 11.5. The van der Waals surface area contributed by atoms with E-state index >= 15 is 0 Å². The average Bonchev–Trinajstić information content (AvgIpc) is 3.25. The van der Waals surface area contributed by atoms with Gasteiger partial charge in [-0.2, -0.15) is 0 Å². The molecule has 0 aliphatic carbocycles. The lowest BCUT2D eigenvalue weighted by molar-refractivity contribution is -0.160. The van der Waals surface area contributed by atoms with Crippen LogP contribution < -0.4 is 4.90 Å². The Morgan fingerprint density at radius 1 is 1.22 bits per heavy atom. The largest absolute Gasteiger partial charge is 0.479 e. The van der Waals surface area contributed by atoms with Crippen LogP contribution in [0.4, 0.5) is 5.13 Å². The van der Waals surface area contributed by atoms with Crippen molar-refractivity contribution in [3.63, 3.8) is 0 Å². The number of carboxylic acid groups (broad SMARTS) is 1. The Morgan fingerprint density at radius 2 is 1.97 bits per heavy atom. The van der Waals surface area contributed by atoms with Gasteiger partial charge in [0.1, 0.15) is 0 Å². The van der Waals surface area contributed by atoms with E-state index in [1.807, 2.05) is 70.3 Å². The predicted octanol–water partition coefficient (Wildman–Crippen LogP) is 6.82. The molecule has 0 unspecified atom stereocenters. The normalized spacial score (nSPS) is 14.6. The molecule has 0 amide bonds. The Hall–Kier alpha value is -3.00. The van der Waals surface area contributed by atoms with Crippen molar-refractivity contribution >= 4 is 44.3 Å². The zero-order valence-electron chi connectivity index (χ0n) is 20.7. The first-order chi connectivity index (χ1) is 17.1. The molecule has 1 atom stereocenters. The van der Waals surface area contributed by atoms with E-state index in [9.17, 15) is 9.90 Å². The fraction of sp³-hybridized carbons (Fsp3) is 0.321. The third-order valence-electron chi connectivity index (χ3n) is 6.24. The molecule has 1 N–H and O–H groups in total. The maximum Gasteiger partial charge on any atom is 0.337 e. The number of anilines is 1. The van der Waals surface area contributed by atoms with Gasteiger partial charge in [0.15, 0.2) is 11.2 Å². The number of carbonyl (C=O) groups is 1. The van der Waals surface area contributed by atoms with Gasteiger partial charge in [-0.3, -0.25) is 4.98 Å². The van der Waals surface area contributed by atoms with E-state index in [4.69, 9.17) is 21.3 Å². The summed E-state index contributed by atoms with van der Waals surface area (Å²) < 4.78 is 7.04. The van der Waals surface area contributed by atoms with Crippen LogP contribution in [-0.2, 0) is 22.5 Å². The summed E-state index contributed by atoms with van der Waals surface area (Å²) in [6, 6.07) is 13.6. The lowest BCUT2D eigenvalue weighted by Gasteiger charge is -2.28. The molecule has 186 valence electrons. The minimum atomic E-state index is -1.13. The Balaban J connectivity index is 1.69. The Labute approximate surface area is 219 Å². The molecule has 5 rings (SSSR count). The highest BCUT2D eigenvalue weighted by atomic mass is 35.5. The van der Waals surface area contributed by atoms with Crippen LogP contribution in [-0.4, -0.2) is 33.2 Å². The minimum Gasteiger partial charge on any atom is -0.479 e. The molecule has 1 aliphatic rings. The zero-order chi connectivity index (χ0) is 25.6. The molecule has 2 aromatic carbocycles. The standard InChI is InChI=1S/C28H28ClN3O3S/c1-16-14-21-25(36-27(31-21)32-13-11-20-18(15-32)6-5-12-30-20)23(17-7-9-19(29)10-8-17)22(16)24(26(33)34)35-28(2,3)4/h5-10,12,14,24H,11,13,15H2,1-4H3,(H,33,34)/t24-/m0/s1. The number of aryl methyl sites for hydroxylation is 1. The molecule has 6 nitrogen and oxygen atoms in total. The summed E-state index contributed by atoms with van der Waals surface area (Å²) in [5.41, 5.74) is 5.75. The molecular formula is C28H28ClN3O3S. The summed E-state index contributed by atoms with van der Waals surface area (Å²) in [6.45, 7) is 9.11. The number of carboxylic acids is 1. The van der Waals surface area contributed by atoms with Gasteiger partial charge in [0.05, 0.1) is 15.8 Å². The SMILES string of the molecule is Cc1cc2nc(N3CCc4ncccc4C3)sc2c(-c2ccc(Cl)cc2)c1[C@H](OC(C)(C)C)C(=O)O. The maximum atomic E-state index is 12.5. The summed E-state index contributed by atoms with van der Waals surface area (Å²) in [7, 11) is 0. The highest BCUT2D eigenvalue weighted by molar-refractivity contribution is 7.22. The molecule has 4 aromatic rings. The van der Waals surface area contributed by atoms with E-state index in [0.29, 0.717) is 10.6 Å². The molecule has 0 bridgehead atoms. The topological polar surface area (TPSA) is 75.5 Å². The van der Waals surface area contributed by atoms with Gasteiger partial charge in [-0.1, -0.05) is 41.1 Å². The monoisotopic (exact) mass is 521 g/mol. The van der Waals surface area contributed by atoms with Crippen LogP contribution in [0, 0.1) is 6.92 Å². The van der Waals surface area contributed by atoms with Crippen LogP contribution >= 0.6 is 22.9 Å². The van der Waals surface area contributed by atoms with E-state index in [1.165, 1.54) is 5.56 Å². The number of rotatable bonds is 5. The number of benzene rings is 2. The quantitative estimate of drug-likeness (QED) is 0.310. The summed E-state index contributed by atoms with van der Waals surface area (Å²) in [4.78, 5) is 24.3. The number of aromatic nitrogens is 2. The molecule has 2 aromatic heterocycles. The van der Waals surface area contributed by atoms with Crippen molar-refractivity contribution in [2.75, 3.05) is 11.4 Å². The van der Waals surface area contributed by atoms with E-state index in [-0.39, 0.29) is 0 Å². The number of aliphatic carboxylic acids is 1. The Morgan fingerprint density at radius 3 is 2.67 bits per heavy atom. The van der Waals surface area contributed by atoms with Crippen molar-refractivity contribution in [2.24, 2.45) is 0 Å². The van der Waals surface area contributed by atoms with E-state index < -0.39 is 17.7 Å². The average molecular weight is 522 g/mol. The van der Waals surface area contributed by atoms with Gasteiger partial charge >= 0.3 is 5.97 Å². The van der Waals surface area contributed by atoms with Crippen molar-refractivity contribution in [3.8, 4) is 11.1 Å². The van der Waals surface area contributed by atoms with Crippen LogP contribution in [0.5, 0.6) is 0 Å². The Bertz CT molecular complexity index is 1440. The van der Waals surface area contributed by atoms with Crippen LogP contribution in [0.3, 0.4) is 0 Å². The van der Waals surface area contributed by atoms with Crippen LogP contribution in [0.1, 0.15) is 49.3 Å².